The predicted molar refractivity (Wildman–Crippen MR) is 77.1 cm³/mol. The van der Waals surface area contributed by atoms with E-state index in [-0.39, 0.29) is 11.5 Å². The third-order valence-corrected chi connectivity index (χ3v) is 3.02. The van der Waals surface area contributed by atoms with Crippen LogP contribution in [0.25, 0.3) is 0 Å². The van der Waals surface area contributed by atoms with Crippen molar-refractivity contribution in [3.05, 3.63) is 63.5 Å². The molecule has 0 fully saturated rings. The number of nitrogens with one attached hydrogen (secondary N) is 1. The molecule has 6 heteroatoms. The average Bonchev–Trinajstić information content (AvgIpc) is 2.44. The zero-order valence-corrected chi connectivity index (χ0v) is 11.7. The number of halogens is 1. The minimum absolute atomic E-state index is 0.00506. The number of non-ortho nitro benzene ring substituents is 1. The number of nitro benzene ring substituents is 1. The van der Waals surface area contributed by atoms with Crippen LogP contribution >= 0.6 is 0 Å². The van der Waals surface area contributed by atoms with Gasteiger partial charge in [-0.25, -0.2) is 4.39 Å². The number of hydrogen-bond donors (Lipinski definition) is 1. The average molecular weight is 290 g/mol. The smallest absolute Gasteiger partial charge is 0.269 e. The number of aryl methyl sites for hydroxylation is 1. The Balaban J connectivity index is 2.34. The Hall–Kier alpha value is -2.47. The van der Waals surface area contributed by atoms with E-state index in [9.17, 15) is 14.5 Å². The zero-order valence-electron chi connectivity index (χ0n) is 11.7. The summed E-state index contributed by atoms with van der Waals surface area (Å²) in [6.07, 6.45) is 0. The standard InChI is InChI=1S/C15H15FN2O3/c1-10-8-11(18(19)20)6-7-14(10)21-15-5-3-4-13(16)12(15)9-17-2/h3-8,17H,9H2,1-2H3. The molecule has 2 aromatic rings. The van der Waals surface area contributed by atoms with Gasteiger partial charge in [0.15, 0.2) is 0 Å². The highest BCUT2D eigenvalue weighted by molar-refractivity contribution is 5.46. The maximum absolute atomic E-state index is 13.8. The minimum Gasteiger partial charge on any atom is -0.457 e. The quantitative estimate of drug-likeness (QED) is 0.675. The maximum Gasteiger partial charge on any atom is 0.269 e. The highest BCUT2D eigenvalue weighted by Crippen LogP contribution is 2.31. The van der Waals surface area contributed by atoms with Crippen molar-refractivity contribution in [3.63, 3.8) is 0 Å². The van der Waals surface area contributed by atoms with Gasteiger partial charge in [-0.3, -0.25) is 10.1 Å². The van der Waals surface area contributed by atoms with E-state index in [1.54, 1.807) is 26.1 Å². The van der Waals surface area contributed by atoms with Crippen molar-refractivity contribution in [2.24, 2.45) is 0 Å². The van der Waals surface area contributed by atoms with Crippen LogP contribution in [0.3, 0.4) is 0 Å². The van der Waals surface area contributed by atoms with Gasteiger partial charge in [0, 0.05) is 24.2 Å². The van der Waals surface area contributed by atoms with E-state index in [2.05, 4.69) is 5.32 Å². The Morgan fingerprint density at radius 3 is 2.67 bits per heavy atom. The van der Waals surface area contributed by atoms with Gasteiger partial charge in [-0.15, -0.1) is 0 Å². The van der Waals surface area contributed by atoms with Crippen molar-refractivity contribution in [1.29, 1.82) is 0 Å². The van der Waals surface area contributed by atoms with Crippen molar-refractivity contribution in [1.82, 2.24) is 5.32 Å². The number of ether oxygens (including phenoxy) is 1. The number of benzene rings is 2. The van der Waals surface area contributed by atoms with Crippen molar-refractivity contribution >= 4 is 5.69 Å². The van der Waals surface area contributed by atoms with Gasteiger partial charge < -0.3 is 10.1 Å². The second-order valence-corrected chi connectivity index (χ2v) is 4.56. The van der Waals surface area contributed by atoms with Gasteiger partial charge in [0.1, 0.15) is 17.3 Å². The molecular weight excluding hydrogens is 275 g/mol. The van der Waals surface area contributed by atoms with Gasteiger partial charge in [0.2, 0.25) is 0 Å². The third kappa shape index (κ3) is 3.35. The lowest BCUT2D eigenvalue weighted by molar-refractivity contribution is -0.384. The summed E-state index contributed by atoms with van der Waals surface area (Å²) in [6, 6.07) is 8.89. The summed E-state index contributed by atoms with van der Waals surface area (Å²) in [4.78, 5) is 10.2. The van der Waals surface area contributed by atoms with E-state index in [4.69, 9.17) is 4.74 Å². The molecule has 1 N–H and O–H groups in total. The topological polar surface area (TPSA) is 64.4 Å². The van der Waals surface area contributed by atoms with Gasteiger partial charge >= 0.3 is 0 Å². The van der Waals surface area contributed by atoms with E-state index in [0.717, 1.165) is 0 Å². The number of nitrogens with zero attached hydrogens (tertiary/aromatic N) is 1. The Bertz CT molecular complexity index is 674. The summed E-state index contributed by atoms with van der Waals surface area (Å²) in [5.74, 6) is 0.492. The molecule has 0 radical (unpaired) electrons. The van der Waals surface area contributed by atoms with Crippen LogP contribution in [0.2, 0.25) is 0 Å². The minimum atomic E-state index is -0.467. The number of rotatable bonds is 5. The SMILES string of the molecule is CNCc1c(F)cccc1Oc1ccc([N+](=O)[O-])cc1C. The number of nitro groups is 1. The molecule has 0 aliphatic rings. The van der Waals surface area contributed by atoms with Gasteiger partial charge in [0.25, 0.3) is 5.69 Å². The molecule has 0 atom stereocenters. The molecule has 0 saturated carbocycles. The van der Waals surface area contributed by atoms with Crippen LogP contribution < -0.4 is 10.1 Å². The van der Waals surface area contributed by atoms with E-state index in [1.807, 2.05) is 0 Å². The normalized spacial score (nSPS) is 10.4. The number of hydrogen-bond acceptors (Lipinski definition) is 4. The molecule has 21 heavy (non-hydrogen) atoms. The molecule has 0 spiro atoms. The first kappa shape index (κ1) is 14.9. The van der Waals surface area contributed by atoms with E-state index >= 15 is 0 Å². The lowest BCUT2D eigenvalue weighted by Gasteiger charge is -2.13. The molecule has 0 aromatic heterocycles. The molecule has 2 rings (SSSR count). The lowest BCUT2D eigenvalue weighted by Crippen LogP contribution is -2.08. The van der Waals surface area contributed by atoms with Gasteiger partial charge in [-0.2, -0.15) is 0 Å². The van der Waals surface area contributed by atoms with Crippen LogP contribution in [0.15, 0.2) is 36.4 Å². The molecule has 0 aliphatic carbocycles. The van der Waals surface area contributed by atoms with E-state index in [0.29, 0.717) is 29.2 Å². The first-order chi connectivity index (χ1) is 10.0. The molecule has 0 heterocycles. The Morgan fingerprint density at radius 2 is 2.05 bits per heavy atom. The summed E-state index contributed by atoms with van der Waals surface area (Å²) >= 11 is 0. The van der Waals surface area contributed by atoms with Gasteiger partial charge in [-0.1, -0.05) is 6.07 Å². The molecule has 5 nitrogen and oxygen atoms in total. The molecule has 110 valence electrons. The summed E-state index contributed by atoms with van der Waals surface area (Å²) in [5.41, 5.74) is 1.02. The lowest BCUT2D eigenvalue weighted by atomic mass is 10.1. The fraction of sp³-hybridized carbons (Fsp3) is 0.200. The van der Waals surface area contributed by atoms with Crippen molar-refractivity contribution in [3.8, 4) is 11.5 Å². The van der Waals surface area contributed by atoms with Crippen molar-refractivity contribution < 1.29 is 14.1 Å². The maximum atomic E-state index is 13.8. The van der Waals surface area contributed by atoms with Crippen LogP contribution in [-0.2, 0) is 6.54 Å². The highest BCUT2D eigenvalue weighted by Gasteiger charge is 2.13. The second-order valence-electron chi connectivity index (χ2n) is 4.56. The van der Waals surface area contributed by atoms with E-state index < -0.39 is 4.92 Å². The van der Waals surface area contributed by atoms with Crippen LogP contribution in [-0.4, -0.2) is 12.0 Å². The molecule has 2 aromatic carbocycles. The summed E-state index contributed by atoms with van der Waals surface area (Å²) < 4.78 is 19.5. The Kier molecular flexibility index (Phi) is 4.49. The van der Waals surface area contributed by atoms with Crippen molar-refractivity contribution in [2.75, 3.05) is 7.05 Å². The fourth-order valence-electron chi connectivity index (χ4n) is 1.96. The molecule has 0 unspecified atom stereocenters. The van der Waals surface area contributed by atoms with Crippen molar-refractivity contribution in [2.45, 2.75) is 13.5 Å². The first-order valence-electron chi connectivity index (χ1n) is 6.38. The molecular formula is C15H15FN2O3. The predicted octanol–water partition coefficient (Wildman–Crippen LogP) is 3.55. The Morgan fingerprint density at radius 1 is 1.29 bits per heavy atom. The second kappa shape index (κ2) is 6.32. The van der Waals surface area contributed by atoms with Crippen LogP contribution in [0.5, 0.6) is 11.5 Å². The third-order valence-electron chi connectivity index (χ3n) is 3.02. The first-order valence-corrected chi connectivity index (χ1v) is 6.38. The largest absolute Gasteiger partial charge is 0.457 e. The van der Waals surface area contributed by atoms with Crippen LogP contribution in [0, 0.1) is 22.9 Å². The Labute approximate surface area is 121 Å². The highest BCUT2D eigenvalue weighted by atomic mass is 19.1. The molecule has 0 aliphatic heterocycles. The van der Waals surface area contributed by atoms with Gasteiger partial charge in [-0.05, 0) is 37.7 Å². The summed E-state index contributed by atoms with van der Waals surface area (Å²) in [5, 5.41) is 13.6. The van der Waals surface area contributed by atoms with Crippen LogP contribution in [0.4, 0.5) is 10.1 Å². The molecule has 0 bridgehead atoms. The van der Waals surface area contributed by atoms with Crippen LogP contribution in [0.1, 0.15) is 11.1 Å². The van der Waals surface area contributed by atoms with Gasteiger partial charge in [0.05, 0.1) is 4.92 Å². The van der Waals surface area contributed by atoms with E-state index in [1.165, 1.54) is 24.3 Å². The monoisotopic (exact) mass is 290 g/mol. The molecule has 0 amide bonds. The summed E-state index contributed by atoms with van der Waals surface area (Å²) in [7, 11) is 1.72. The molecule has 0 saturated heterocycles. The summed E-state index contributed by atoms with van der Waals surface area (Å²) in [6.45, 7) is 2.04. The fourth-order valence-corrected chi connectivity index (χ4v) is 1.96. The zero-order chi connectivity index (χ0) is 15.4.